The molecule has 0 saturated heterocycles. The van der Waals surface area contributed by atoms with Crippen molar-refractivity contribution in [2.75, 3.05) is 4.42 Å². The van der Waals surface area contributed by atoms with Crippen LogP contribution in [0.2, 0.25) is 5.02 Å². The standard InChI is InChI=1S/C15H16Cl4N2O2/c16-10-4-6-11(7-5-10)21(19)13(22)12(17)15(14(23)20-18)8-2-1-3-9-15/h4-7,12H,1-3,8-9H2,(H,20,23). The van der Waals surface area contributed by atoms with Crippen molar-refractivity contribution in [2.24, 2.45) is 5.41 Å². The third-order valence-corrected chi connectivity index (χ3v) is 5.62. The van der Waals surface area contributed by atoms with Gasteiger partial charge in [-0.15, -0.1) is 11.6 Å². The topological polar surface area (TPSA) is 49.4 Å². The molecule has 0 aromatic heterocycles. The number of benzene rings is 1. The number of carbonyl (C=O) groups excluding carboxylic acids is 2. The number of halogens is 4. The minimum atomic E-state index is -1.10. The Morgan fingerprint density at radius 2 is 1.70 bits per heavy atom. The number of rotatable bonds is 4. The molecule has 4 nitrogen and oxygen atoms in total. The molecule has 2 amide bonds. The molecular formula is C15H16Cl4N2O2. The highest BCUT2D eigenvalue weighted by Crippen LogP contribution is 2.43. The molecule has 1 unspecified atom stereocenters. The Morgan fingerprint density at radius 1 is 1.13 bits per heavy atom. The molecule has 1 aliphatic rings. The average molecular weight is 398 g/mol. The van der Waals surface area contributed by atoms with Gasteiger partial charge in [0.05, 0.1) is 11.1 Å². The van der Waals surface area contributed by atoms with Crippen LogP contribution in [0.5, 0.6) is 0 Å². The lowest BCUT2D eigenvalue weighted by molar-refractivity contribution is -0.135. The fraction of sp³-hybridized carbons (Fsp3) is 0.467. The van der Waals surface area contributed by atoms with Crippen LogP contribution in [0.1, 0.15) is 32.1 Å². The van der Waals surface area contributed by atoms with Crippen molar-refractivity contribution in [3.05, 3.63) is 29.3 Å². The Morgan fingerprint density at radius 3 is 2.22 bits per heavy atom. The SMILES string of the molecule is O=C(C(Cl)C1(C(=O)NCl)CCCCC1)N(Cl)c1ccc(Cl)cc1. The van der Waals surface area contributed by atoms with Crippen LogP contribution in [0.3, 0.4) is 0 Å². The summed E-state index contributed by atoms with van der Waals surface area (Å²) in [5.74, 6) is -0.994. The van der Waals surface area contributed by atoms with E-state index in [9.17, 15) is 9.59 Å². The second-order valence-corrected chi connectivity index (χ2v) is 7.00. The van der Waals surface area contributed by atoms with Gasteiger partial charge in [0.25, 0.3) is 5.91 Å². The molecule has 8 heteroatoms. The van der Waals surface area contributed by atoms with E-state index in [1.807, 2.05) is 0 Å². The van der Waals surface area contributed by atoms with Crippen molar-refractivity contribution < 1.29 is 9.59 Å². The highest BCUT2D eigenvalue weighted by atomic mass is 35.5. The van der Waals surface area contributed by atoms with Crippen LogP contribution < -0.4 is 9.25 Å². The molecule has 1 atom stereocenters. The lowest BCUT2D eigenvalue weighted by atomic mass is 9.70. The van der Waals surface area contributed by atoms with E-state index in [2.05, 4.69) is 4.84 Å². The van der Waals surface area contributed by atoms with Crippen LogP contribution in [-0.4, -0.2) is 17.2 Å². The van der Waals surface area contributed by atoms with Gasteiger partial charge in [0.1, 0.15) is 5.38 Å². The molecule has 1 N–H and O–H groups in total. The first-order chi connectivity index (χ1) is 10.9. The van der Waals surface area contributed by atoms with E-state index < -0.39 is 22.6 Å². The lowest BCUT2D eigenvalue weighted by Gasteiger charge is -2.38. The van der Waals surface area contributed by atoms with Crippen molar-refractivity contribution in [1.29, 1.82) is 0 Å². The summed E-state index contributed by atoms with van der Waals surface area (Å²) in [6.45, 7) is 0. The quantitative estimate of drug-likeness (QED) is 0.593. The Hall–Kier alpha value is -0.680. The van der Waals surface area contributed by atoms with E-state index >= 15 is 0 Å². The monoisotopic (exact) mass is 396 g/mol. The number of alkyl halides is 1. The van der Waals surface area contributed by atoms with Gasteiger partial charge in [-0.2, -0.15) is 0 Å². The van der Waals surface area contributed by atoms with Crippen LogP contribution in [0.25, 0.3) is 0 Å². The zero-order valence-corrected chi connectivity index (χ0v) is 15.2. The Labute approximate surface area is 155 Å². The average Bonchev–Trinajstić information content (AvgIpc) is 2.60. The molecule has 0 radical (unpaired) electrons. The first-order valence-electron chi connectivity index (χ1n) is 7.23. The van der Waals surface area contributed by atoms with Gasteiger partial charge in [-0.25, -0.2) is 4.42 Å². The summed E-state index contributed by atoms with van der Waals surface area (Å²) in [7, 11) is 0. The highest BCUT2D eigenvalue weighted by Gasteiger charge is 2.49. The van der Waals surface area contributed by atoms with Gasteiger partial charge < -0.3 is 0 Å². The first kappa shape index (κ1) is 18.7. The number of amides is 2. The number of hydrogen-bond donors (Lipinski definition) is 1. The third kappa shape index (κ3) is 3.87. The van der Waals surface area contributed by atoms with E-state index in [4.69, 9.17) is 46.8 Å². The molecule has 1 fully saturated rings. The maximum Gasteiger partial charge on any atom is 0.260 e. The van der Waals surface area contributed by atoms with Gasteiger partial charge in [-0.1, -0.05) is 30.9 Å². The van der Waals surface area contributed by atoms with Crippen LogP contribution in [0, 0.1) is 5.41 Å². The Kier molecular flexibility index (Phi) is 6.43. The molecule has 1 saturated carbocycles. The fourth-order valence-electron chi connectivity index (χ4n) is 2.91. The maximum absolute atomic E-state index is 12.7. The van der Waals surface area contributed by atoms with Crippen LogP contribution in [-0.2, 0) is 9.59 Å². The molecule has 0 heterocycles. The third-order valence-electron chi connectivity index (χ3n) is 4.23. The van der Waals surface area contributed by atoms with E-state index in [0.29, 0.717) is 23.6 Å². The van der Waals surface area contributed by atoms with Crippen molar-refractivity contribution in [2.45, 2.75) is 37.5 Å². The molecule has 1 aromatic carbocycles. The van der Waals surface area contributed by atoms with E-state index in [1.165, 1.54) is 0 Å². The Balaban J connectivity index is 2.24. The first-order valence-corrected chi connectivity index (χ1v) is 8.76. The van der Waals surface area contributed by atoms with E-state index in [-0.39, 0.29) is 0 Å². The molecule has 0 spiro atoms. The molecule has 126 valence electrons. The number of hydrogen-bond acceptors (Lipinski definition) is 2. The number of nitrogens with one attached hydrogen (secondary N) is 1. The minimum Gasteiger partial charge on any atom is -0.273 e. The van der Waals surface area contributed by atoms with Crippen molar-refractivity contribution in [3.63, 3.8) is 0 Å². The lowest BCUT2D eigenvalue weighted by Crippen LogP contribution is -2.51. The molecular weight excluding hydrogens is 382 g/mol. The largest absolute Gasteiger partial charge is 0.273 e. The molecule has 1 aromatic rings. The second-order valence-electron chi connectivity index (χ2n) is 5.60. The smallest absolute Gasteiger partial charge is 0.260 e. The minimum absolute atomic E-state index is 0.434. The van der Waals surface area contributed by atoms with Crippen LogP contribution >= 0.6 is 46.8 Å². The summed E-state index contributed by atoms with van der Waals surface area (Å²) in [5, 5.41) is -0.575. The molecule has 1 aliphatic carbocycles. The summed E-state index contributed by atoms with van der Waals surface area (Å²) >= 11 is 23.8. The summed E-state index contributed by atoms with van der Waals surface area (Å²) in [5.41, 5.74) is -0.609. The summed E-state index contributed by atoms with van der Waals surface area (Å²) in [4.78, 5) is 27.1. The van der Waals surface area contributed by atoms with Crippen LogP contribution in [0.4, 0.5) is 5.69 Å². The van der Waals surface area contributed by atoms with Crippen molar-refractivity contribution in [3.8, 4) is 0 Å². The van der Waals surface area contributed by atoms with Gasteiger partial charge in [-0.3, -0.25) is 14.4 Å². The maximum atomic E-state index is 12.7. The predicted molar refractivity (Wildman–Crippen MR) is 93.9 cm³/mol. The van der Waals surface area contributed by atoms with Crippen molar-refractivity contribution >= 4 is 64.3 Å². The molecule has 0 aliphatic heterocycles. The molecule has 23 heavy (non-hydrogen) atoms. The second kappa shape index (κ2) is 7.93. The van der Waals surface area contributed by atoms with Gasteiger partial charge >= 0.3 is 0 Å². The van der Waals surface area contributed by atoms with Gasteiger partial charge in [0.2, 0.25) is 5.91 Å². The van der Waals surface area contributed by atoms with Gasteiger partial charge in [0, 0.05) is 28.6 Å². The fourth-order valence-corrected chi connectivity index (χ4v) is 3.90. The summed E-state index contributed by atoms with van der Waals surface area (Å²) < 4.78 is 0.922. The van der Waals surface area contributed by atoms with E-state index in [1.54, 1.807) is 24.3 Å². The molecule has 0 bridgehead atoms. The Bertz CT molecular complexity index is 573. The molecule has 2 rings (SSSR count). The number of anilines is 1. The summed E-state index contributed by atoms with van der Waals surface area (Å²) in [6, 6.07) is 6.44. The van der Waals surface area contributed by atoms with Crippen molar-refractivity contribution in [1.82, 2.24) is 4.84 Å². The number of carbonyl (C=O) groups is 2. The normalized spacial score (nSPS) is 18.1. The zero-order chi connectivity index (χ0) is 17.0. The zero-order valence-electron chi connectivity index (χ0n) is 12.2. The van der Waals surface area contributed by atoms with Gasteiger partial charge in [0.15, 0.2) is 0 Å². The highest BCUT2D eigenvalue weighted by molar-refractivity contribution is 6.45. The van der Waals surface area contributed by atoms with E-state index in [0.717, 1.165) is 23.7 Å². The van der Waals surface area contributed by atoms with Crippen LogP contribution in [0.15, 0.2) is 24.3 Å². The number of nitrogens with zero attached hydrogens (tertiary/aromatic N) is 1. The summed E-state index contributed by atoms with van der Waals surface area (Å²) in [6.07, 6.45) is 3.61. The van der Waals surface area contributed by atoms with Gasteiger partial charge in [-0.05, 0) is 37.1 Å². The predicted octanol–water partition coefficient (Wildman–Crippen LogP) is 4.65.